The molecule has 0 fully saturated rings. The third kappa shape index (κ3) is 4.58. The number of hydrogen-bond acceptors (Lipinski definition) is 7. The van der Waals surface area contributed by atoms with Crippen LogP contribution < -0.4 is 0 Å². The molecule has 0 aliphatic carbocycles. The average Bonchev–Trinajstić information content (AvgIpc) is 3.14. The van der Waals surface area contributed by atoms with Gasteiger partial charge in [0.05, 0.1) is 11.3 Å². The molecule has 0 radical (unpaired) electrons. The highest BCUT2D eigenvalue weighted by molar-refractivity contribution is 8.00. The van der Waals surface area contributed by atoms with Crippen LogP contribution in [0.3, 0.4) is 0 Å². The summed E-state index contributed by atoms with van der Waals surface area (Å²) < 4.78 is 10.8. The zero-order valence-corrected chi connectivity index (χ0v) is 14.9. The Kier molecular flexibility index (Phi) is 5.80. The number of carbonyl (C=O) groups excluding carboxylic acids is 2. The van der Waals surface area contributed by atoms with E-state index in [1.54, 1.807) is 18.2 Å². The molecule has 0 N–H and O–H groups in total. The quantitative estimate of drug-likeness (QED) is 0.464. The number of benzene rings is 2. The van der Waals surface area contributed by atoms with Crippen LogP contribution in [-0.2, 0) is 16.1 Å². The van der Waals surface area contributed by atoms with Gasteiger partial charge in [-0.15, -0.1) is 22.0 Å². The van der Waals surface area contributed by atoms with E-state index >= 15 is 0 Å². The number of ketones is 1. The Bertz CT molecular complexity index is 909. The van der Waals surface area contributed by atoms with Crippen LogP contribution in [0.15, 0.2) is 63.9 Å². The molecule has 3 rings (SSSR count). The zero-order chi connectivity index (χ0) is 18.4. The van der Waals surface area contributed by atoms with Gasteiger partial charge >= 0.3 is 5.97 Å². The summed E-state index contributed by atoms with van der Waals surface area (Å²) >= 11 is 1.30. The third-order valence-electron chi connectivity index (χ3n) is 3.35. The molecular weight excluding hydrogens is 352 g/mol. The van der Waals surface area contributed by atoms with E-state index in [2.05, 4.69) is 10.2 Å². The van der Waals surface area contributed by atoms with Crippen LogP contribution in [0.4, 0.5) is 0 Å². The van der Waals surface area contributed by atoms with Crippen molar-refractivity contribution in [2.24, 2.45) is 0 Å². The summed E-state index contributed by atoms with van der Waals surface area (Å²) in [7, 11) is 0. The van der Waals surface area contributed by atoms with Crippen molar-refractivity contribution in [2.45, 2.75) is 18.4 Å². The summed E-state index contributed by atoms with van der Waals surface area (Å²) in [5.74, 6) is 0.419. The summed E-state index contributed by atoms with van der Waals surface area (Å²) in [6, 6.07) is 16.3. The molecule has 0 unspecified atom stereocenters. The first-order chi connectivity index (χ1) is 12.6. The lowest BCUT2D eigenvalue weighted by atomic mass is 10.2. The van der Waals surface area contributed by atoms with E-state index in [0.717, 1.165) is 5.56 Å². The second kappa shape index (κ2) is 8.44. The zero-order valence-electron chi connectivity index (χ0n) is 14.0. The number of rotatable bonds is 7. The van der Waals surface area contributed by atoms with Crippen LogP contribution in [0.1, 0.15) is 23.2 Å². The van der Waals surface area contributed by atoms with Crippen molar-refractivity contribution >= 4 is 23.5 Å². The molecule has 1 aromatic heterocycles. The van der Waals surface area contributed by atoms with E-state index < -0.39 is 5.97 Å². The Balaban J connectivity index is 1.65. The summed E-state index contributed by atoms with van der Waals surface area (Å²) in [6.07, 6.45) is 0. The van der Waals surface area contributed by atoms with Crippen molar-refractivity contribution in [1.82, 2.24) is 10.2 Å². The number of nitrogens with zero attached hydrogens (tertiary/aromatic N) is 2. The molecule has 0 aliphatic heterocycles. The third-order valence-corrected chi connectivity index (χ3v) is 4.57. The highest BCUT2D eigenvalue weighted by atomic mass is 32.2. The summed E-state index contributed by atoms with van der Waals surface area (Å²) in [6.45, 7) is 1.39. The van der Waals surface area contributed by atoms with Gasteiger partial charge in [0.25, 0.3) is 5.89 Å². The topological polar surface area (TPSA) is 82.3 Å². The molecule has 1 heterocycles. The fourth-order valence-corrected chi connectivity index (χ4v) is 3.00. The molecule has 0 atom stereocenters. The standard InChI is InChI=1S/C19H16N2O4S/c1-13(22)12-26-16-10-6-5-9-15(16)19(23)24-11-17-20-21-18(25-17)14-7-3-2-4-8-14/h2-10H,11-12H2,1H3. The van der Waals surface area contributed by atoms with Gasteiger partial charge in [0.15, 0.2) is 6.61 Å². The number of aromatic nitrogens is 2. The number of esters is 1. The number of thioether (sulfide) groups is 1. The Morgan fingerprint density at radius 2 is 1.77 bits per heavy atom. The van der Waals surface area contributed by atoms with Gasteiger partial charge in [-0.2, -0.15) is 0 Å². The Hall–Kier alpha value is -2.93. The van der Waals surface area contributed by atoms with Crippen molar-refractivity contribution in [3.8, 4) is 11.5 Å². The molecule has 132 valence electrons. The molecule has 3 aromatic rings. The minimum atomic E-state index is -0.504. The summed E-state index contributed by atoms with van der Waals surface area (Å²) in [5.41, 5.74) is 1.20. The van der Waals surface area contributed by atoms with Gasteiger partial charge in [-0.3, -0.25) is 4.79 Å². The van der Waals surface area contributed by atoms with E-state index in [0.29, 0.717) is 22.1 Å². The Morgan fingerprint density at radius 1 is 1.04 bits per heavy atom. The van der Waals surface area contributed by atoms with Gasteiger partial charge in [-0.1, -0.05) is 30.3 Å². The molecule has 26 heavy (non-hydrogen) atoms. The van der Waals surface area contributed by atoms with Crippen molar-refractivity contribution in [1.29, 1.82) is 0 Å². The van der Waals surface area contributed by atoms with Gasteiger partial charge in [-0.25, -0.2) is 4.79 Å². The van der Waals surface area contributed by atoms with Gasteiger partial charge < -0.3 is 9.15 Å². The molecule has 0 aliphatic rings. The van der Waals surface area contributed by atoms with Crippen molar-refractivity contribution in [2.75, 3.05) is 5.75 Å². The molecule has 2 aromatic carbocycles. The van der Waals surface area contributed by atoms with E-state index in [1.165, 1.54) is 18.7 Å². The minimum absolute atomic E-state index is 0.0393. The van der Waals surface area contributed by atoms with Crippen LogP contribution in [0.25, 0.3) is 11.5 Å². The number of hydrogen-bond donors (Lipinski definition) is 0. The monoisotopic (exact) mass is 368 g/mol. The smallest absolute Gasteiger partial charge is 0.339 e. The molecule has 0 saturated carbocycles. The Labute approximate surface area is 154 Å². The molecule has 0 amide bonds. The van der Waals surface area contributed by atoms with Gasteiger partial charge in [-0.05, 0) is 31.2 Å². The molecule has 0 spiro atoms. The largest absolute Gasteiger partial charge is 0.452 e. The second-order valence-electron chi connectivity index (χ2n) is 5.43. The molecular formula is C19H16N2O4S. The van der Waals surface area contributed by atoms with Crippen LogP contribution >= 0.6 is 11.8 Å². The first-order valence-electron chi connectivity index (χ1n) is 7.89. The molecule has 0 saturated heterocycles. The lowest BCUT2D eigenvalue weighted by Gasteiger charge is -2.07. The first kappa shape index (κ1) is 17.9. The summed E-state index contributed by atoms with van der Waals surface area (Å²) in [5, 5.41) is 7.85. The van der Waals surface area contributed by atoms with Crippen LogP contribution in [0, 0.1) is 0 Å². The van der Waals surface area contributed by atoms with Gasteiger partial charge in [0.1, 0.15) is 5.78 Å². The number of ether oxygens (including phenoxy) is 1. The predicted molar refractivity (Wildman–Crippen MR) is 96.7 cm³/mol. The fraction of sp³-hybridized carbons (Fsp3) is 0.158. The number of carbonyl (C=O) groups is 2. The minimum Gasteiger partial charge on any atom is -0.452 e. The van der Waals surface area contributed by atoms with E-state index in [4.69, 9.17) is 9.15 Å². The molecule has 7 heteroatoms. The Morgan fingerprint density at radius 3 is 2.54 bits per heavy atom. The first-order valence-corrected chi connectivity index (χ1v) is 8.88. The van der Waals surface area contributed by atoms with Gasteiger partial charge in [0, 0.05) is 10.5 Å². The molecule has 0 bridgehead atoms. The summed E-state index contributed by atoms with van der Waals surface area (Å²) in [4.78, 5) is 24.2. The maximum absolute atomic E-state index is 12.3. The van der Waals surface area contributed by atoms with Crippen molar-refractivity contribution in [3.63, 3.8) is 0 Å². The van der Waals surface area contributed by atoms with E-state index in [1.807, 2.05) is 36.4 Å². The highest BCUT2D eigenvalue weighted by Gasteiger charge is 2.15. The maximum Gasteiger partial charge on any atom is 0.339 e. The maximum atomic E-state index is 12.3. The second-order valence-corrected chi connectivity index (χ2v) is 6.45. The fourth-order valence-electron chi connectivity index (χ4n) is 2.15. The SMILES string of the molecule is CC(=O)CSc1ccccc1C(=O)OCc1nnc(-c2ccccc2)o1. The van der Waals surface area contributed by atoms with Crippen molar-refractivity contribution < 1.29 is 18.7 Å². The lowest BCUT2D eigenvalue weighted by Crippen LogP contribution is -2.07. The van der Waals surface area contributed by atoms with E-state index in [9.17, 15) is 9.59 Å². The average molecular weight is 368 g/mol. The normalized spacial score (nSPS) is 10.5. The number of Topliss-reactive ketones (excluding diaryl/α,β-unsaturated/α-hetero) is 1. The predicted octanol–water partition coefficient (Wildman–Crippen LogP) is 3.77. The van der Waals surface area contributed by atoms with Crippen LogP contribution in [0.5, 0.6) is 0 Å². The van der Waals surface area contributed by atoms with Gasteiger partial charge in [0.2, 0.25) is 5.89 Å². The van der Waals surface area contributed by atoms with E-state index in [-0.39, 0.29) is 18.3 Å². The van der Waals surface area contributed by atoms with Crippen molar-refractivity contribution in [3.05, 3.63) is 66.1 Å². The van der Waals surface area contributed by atoms with Crippen LogP contribution in [0.2, 0.25) is 0 Å². The lowest BCUT2D eigenvalue weighted by molar-refractivity contribution is -0.114. The molecule has 6 nitrogen and oxygen atoms in total. The van der Waals surface area contributed by atoms with Crippen LogP contribution in [-0.4, -0.2) is 27.7 Å². The highest BCUT2D eigenvalue weighted by Crippen LogP contribution is 2.24.